The molecule has 2 fully saturated rings. The minimum Gasteiger partial charge on any atom is -0.445 e. The second-order valence-electron chi connectivity index (χ2n) is 10.6. The molecule has 13 heteroatoms. The number of nitrogens with zero attached hydrogens (tertiary/aromatic N) is 3. The molecule has 45 heavy (non-hydrogen) atoms. The SMILES string of the molecule is O=C(NC1CC(=O)N(c2cccc(C3OC(CSc4ncn[nH]4)CC(c4ccc(CO)cc4)O3)c2)C1=O)OCc1ccccc1. The predicted octanol–water partition coefficient (Wildman–Crippen LogP) is 4.19. The van der Waals surface area contributed by atoms with Crippen molar-refractivity contribution >= 4 is 35.4 Å². The first-order valence-electron chi connectivity index (χ1n) is 14.4. The normalized spacial score (nSPS) is 21.6. The number of benzene rings is 3. The molecular formula is C32H31N5O7S. The summed E-state index contributed by atoms with van der Waals surface area (Å²) >= 11 is 1.48. The van der Waals surface area contributed by atoms with E-state index < -0.39 is 30.2 Å². The first-order chi connectivity index (χ1) is 22.0. The molecule has 0 bridgehead atoms. The van der Waals surface area contributed by atoms with Crippen LogP contribution in [0.1, 0.15) is 47.5 Å². The average Bonchev–Trinajstić information content (AvgIpc) is 3.70. The molecule has 4 unspecified atom stereocenters. The van der Waals surface area contributed by atoms with E-state index in [1.165, 1.54) is 18.1 Å². The van der Waals surface area contributed by atoms with Crippen LogP contribution in [-0.2, 0) is 37.0 Å². The van der Waals surface area contributed by atoms with E-state index in [1.54, 1.807) is 18.2 Å². The number of alkyl carbamates (subject to hydrolysis) is 1. The Morgan fingerprint density at radius 2 is 1.84 bits per heavy atom. The summed E-state index contributed by atoms with van der Waals surface area (Å²) in [6.45, 7) is -0.0148. The van der Waals surface area contributed by atoms with Gasteiger partial charge in [-0.3, -0.25) is 14.7 Å². The van der Waals surface area contributed by atoms with E-state index in [-0.39, 0.29) is 31.8 Å². The summed E-state index contributed by atoms with van der Waals surface area (Å²) in [5, 5.41) is 19.4. The van der Waals surface area contributed by atoms with Crippen LogP contribution in [0.5, 0.6) is 0 Å². The van der Waals surface area contributed by atoms with Crippen LogP contribution in [-0.4, -0.2) is 56.1 Å². The number of rotatable bonds is 10. The van der Waals surface area contributed by atoms with Crippen LogP contribution >= 0.6 is 11.8 Å². The van der Waals surface area contributed by atoms with Gasteiger partial charge in [0.15, 0.2) is 11.4 Å². The monoisotopic (exact) mass is 629 g/mol. The van der Waals surface area contributed by atoms with Crippen LogP contribution in [0.4, 0.5) is 10.5 Å². The summed E-state index contributed by atoms with van der Waals surface area (Å²) in [7, 11) is 0. The van der Waals surface area contributed by atoms with Gasteiger partial charge in [0.1, 0.15) is 19.0 Å². The van der Waals surface area contributed by atoms with Crippen molar-refractivity contribution in [3.63, 3.8) is 0 Å². The Labute approximate surface area is 263 Å². The number of imide groups is 1. The van der Waals surface area contributed by atoms with Gasteiger partial charge in [-0.1, -0.05) is 78.5 Å². The molecule has 12 nitrogen and oxygen atoms in total. The number of carbonyl (C=O) groups is 3. The maximum Gasteiger partial charge on any atom is 0.408 e. The van der Waals surface area contributed by atoms with Crippen LogP contribution in [0, 0.1) is 0 Å². The van der Waals surface area contributed by atoms with Crippen molar-refractivity contribution in [1.29, 1.82) is 0 Å². The molecule has 2 saturated heterocycles. The number of aromatic nitrogens is 3. The molecule has 4 aromatic rings. The highest BCUT2D eigenvalue weighted by Gasteiger charge is 2.41. The highest BCUT2D eigenvalue weighted by molar-refractivity contribution is 7.99. The number of anilines is 1. The Bertz CT molecular complexity index is 1620. The molecular weight excluding hydrogens is 598 g/mol. The zero-order valence-corrected chi connectivity index (χ0v) is 24.9. The van der Waals surface area contributed by atoms with E-state index in [0.29, 0.717) is 28.6 Å². The van der Waals surface area contributed by atoms with Gasteiger partial charge in [-0.2, -0.15) is 5.10 Å². The van der Waals surface area contributed by atoms with Gasteiger partial charge in [0.05, 0.1) is 30.9 Å². The quantitative estimate of drug-likeness (QED) is 0.172. The third-order valence-electron chi connectivity index (χ3n) is 7.47. The molecule has 6 rings (SSSR count). The van der Waals surface area contributed by atoms with Gasteiger partial charge in [-0.15, -0.1) is 0 Å². The lowest BCUT2D eigenvalue weighted by Gasteiger charge is -2.36. The summed E-state index contributed by atoms with van der Waals surface area (Å²) in [5.74, 6) is -0.418. The summed E-state index contributed by atoms with van der Waals surface area (Å²) < 4.78 is 18.0. The van der Waals surface area contributed by atoms with Gasteiger partial charge in [0.2, 0.25) is 5.91 Å². The average molecular weight is 630 g/mol. The Balaban J connectivity index is 1.16. The smallest absolute Gasteiger partial charge is 0.408 e. The van der Waals surface area contributed by atoms with Gasteiger partial charge < -0.3 is 24.6 Å². The molecule has 2 aliphatic heterocycles. The molecule has 0 aliphatic carbocycles. The number of aliphatic hydroxyl groups excluding tert-OH is 1. The van der Waals surface area contributed by atoms with Crippen molar-refractivity contribution < 1.29 is 33.7 Å². The van der Waals surface area contributed by atoms with Crippen LogP contribution in [0.2, 0.25) is 0 Å². The number of nitrogens with one attached hydrogen (secondary N) is 2. The van der Waals surface area contributed by atoms with Gasteiger partial charge in [-0.05, 0) is 28.8 Å². The van der Waals surface area contributed by atoms with Crippen molar-refractivity contribution in [2.24, 2.45) is 0 Å². The van der Waals surface area contributed by atoms with Crippen molar-refractivity contribution in [2.75, 3.05) is 10.7 Å². The number of hydrogen-bond donors (Lipinski definition) is 3. The molecule has 2 aliphatic rings. The predicted molar refractivity (Wildman–Crippen MR) is 163 cm³/mol. The van der Waals surface area contributed by atoms with Crippen molar-refractivity contribution in [1.82, 2.24) is 20.5 Å². The number of hydrogen-bond acceptors (Lipinski definition) is 10. The number of carbonyl (C=O) groups excluding carboxylic acids is 3. The maximum absolute atomic E-state index is 13.3. The third kappa shape index (κ3) is 7.40. The van der Waals surface area contributed by atoms with E-state index >= 15 is 0 Å². The molecule has 0 spiro atoms. The summed E-state index contributed by atoms with van der Waals surface area (Å²) in [5.41, 5.74) is 3.50. The Kier molecular flexibility index (Phi) is 9.50. The van der Waals surface area contributed by atoms with Crippen molar-refractivity contribution in [2.45, 2.75) is 55.8 Å². The Morgan fingerprint density at radius 1 is 1.02 bits per heavy atom. The lowest BCUT2D eigenvalue weighted by atomic mass is 10.0. The second kappa shape index (κ2) is 14.0. The van der Waals surface area contributed by atoms with Gasteiger partial charge >= 0.3 is 6.09 Å². The number of amides is 3. The van der Waals surface area contributed by atoms with Gasteiger partial charge in [0.25, 0.3) is 5.91 Å². The van der Waals surface area contributed by atoms with Crippen molar-refractivity contribution in [3.05, 3.63) is 107 Å². The Hall–Kier alpha value is -4.56. The molecule has 4 atom stereocenters. The molecule has 3 aromatic carbocycles. The molecule has 3 N–H and O–H groups in total. The summed E-state index contributed by atoms with van der Waals surface area (Å²) in [4.78, 5) is 43.9. The first-order valence-corrected chi connectivity index (χ1v) is 15.4. The highest BCUT2D eigenvalue weighted by Crippen LogP contribution is 2.40. The highest BCUT2D eigenvalue weighted by atomic mass is 32.2. The largest absolute Gasteiger partial charge is 0.445 e. The zero-order valence-electron chi connectivity index (χ0n) is 24.1. The van der Waals surface area contributed by atoms with E-state index in [9.17, 15) is 19.5 Å². The summed E-state index contributed by atoms with van der Waals surface area (Å²) in [6, 6.07) is 22.6. The molecule has 0 radical (unpaired) electrons. The van der Waals surface area contributed by atoms with E-state index in [2.05, 4.69) is 20.5 Å². The lowest BCUT2D eigenvalue weighted by molar-refractivity contribution is -0.245. The molecule has 3 amide bonds. The maximum atomic E-state index is 13.3. The molecule has 0 saturated carbocycles. The Morgan fingerprint density at radius 3 is 2.60 bits per heavy atom. The minimum atomic E-state index is -1.05. The third-order valence-corrected chi connectivity index (χ3v) is 8.47. The number of H-pyrrole nitrogens is 1. The standard InChI is InChI=1S/C32H31N5O7S/c38-16-20-9-11-22(12-10-20)27-14-25(18-45-31-33-19-34-36-31)43-30(44-27)23-7-4-8-24(13-23)37-28(39)15-26(29(37)40)35-32(41)42-17-21-5-2-1-3-6-21/h1-13,19,25-27,30,38H,14-18H2,(H,35,41)(H,33,34,36). The van der Waals surface area contributed by atoms with E-state index in [1.807, 2.05) is 60.7 Å². The first kappa shape index (κ1) is 30.5. The fourth-order valence-corrected chi connectivity index (χ4v) is 5.99. The van der Waals surface area contributed by atoms with Crippen LogP contribution in [0.3, 0.4) is 0 Å². The van der Waals surface area contributed by atoms with Crippen molar-refractivity contribution in [3.8, 4) is 0 Å². The van der Waals surface area contributed by atoms with Crippen LogP contribution < -0.4 is 10.2 Å². The fourth-order valence-electron chi connectivity index (χ4n) is 5.19. The molecule has 1 aromatic heterocycles. The number of aromatic amines is 1. The topological polar surface area (TPSA) is 156 Å². The van der Waals surface area contributed by atoms with E-state index in [4.69, 9.17) is 14.2 Å². The molecule has 3 heterocycles. The zero-order chi connectivity index (χ0) is 31.2. The lowest BCUT2D eigenvalue weighted by Crippen LogP contribution is -2.42. The van der Waals surface area contributed by atoms with E-state index in [0.717, 1.165) is 21.6 Å². The number of ether oxygens (including phenoxy) is 3. The van der Waals surface area contributed by atoms with Crippen LogP contribution in [0.25, 0.3) is 0 Å². The van der Waals surface area contributed by atoms with Crippen LogP contribution in [0.15, 0.2) is 90.3 Å². The minimum absolute atomic E-state index is 0.0408. The number of thioether (sulfide) groups is 1. The fraction of sp³-hybridized carbons (Fsp3) is 0.281. The number of aliphatic hydroxyl groups is 1. The van der Waals surface area contributed by atoms with Gasteiger partial charge in [-0.25, -0.2) is 14.7 Å². The second-order valence-corrected chi connectivity index (χ2v) is 11.6. The summed E-state index contributed by atoms with van der Waals surface area (Å²) in [6.07, 6.45) is -0.282. The van der Waals surface area contributed by atoms with Gasteiger partial charge in [0, 0.05) is 17.7 Å². The molecule has 232 valence electrons.